The molecule has 0 spiro atoms. The van der Waals surface area contributed by atoms with E-state index >= 15 is 0 Å². The summed E-state index contributed by atoms with van der Waals surface area (Å²) in [6, 6.07) is 0.339. The maximum atomic E-state index is 5.70. The van der Waals surface area contributed by atoms with Crippen LogP contribution in [0.1, 0.15) is 33.1 Å². The molecule has 2 nitrogen and oxygen atoms in total. The van der Waals surface area contributed by atoms with E-state index in [4.69, 9.17) is 18.0 Å². The van der Waals surface area contributed by atoms with Gasteiger partial charge in [0, 0.05) is 6.54 Å². The van der Waals surface area contributed by atoms with Crippen molar-refractivity contribution in [2.45, 2.75) is 39.2 Å². The average molecular weight is 200 g/mol. The zero-order valence-corrected chi connectivity index (χ0v) is 9.44. The van der Waals surface area contributed by atoms with Crippen molar-refractivity contribution in [2.75, 3.05) is 13.1 Å². The normalized spacial score (nSPS) is 26.2. The quantitative estimate of drug-likeness (QED) is 0.702. The van der Waals surface area contributed by atoms with E-state index in [2.05, 4.69) is 18.7 Å². The predicted molar refractivity (Wildman–Crippen MR) is 60.8 cm³/mol. The summed E-state index contributed by atoms with van der Waals surface area (Å²) in [6.07, 6.45) is 3.64. The van der Waals surface area contributed by atoms with Gasteiger partial charge >= 0.3 is 0 Å². The molecular weight excluding hydrogens is 180 g/mol. The van der Waals surface area contributed by atoms with Crippen LogP contribution in [0.5, 0.6) is 0 Å². The highest BCUT2D eigenvalue weighted by molar-refractivity contribution is 7.80. The van der Waals surface area contributed by atoms with Crippen LogP contribution in [0.3, 0.4) is 0 Å². The van der Waals surface area contributed by atoms with Gasteiger partial charge in [0.1, 0.15) is 0 Å². The van der Waals surface area contributed by atoms with Gasteiger partial charge < -0.3 is 5.73 Å². The van der Waals surface area contributed by atoms with Crippen LogP contribution >= 0.6 is 12.2 Å². The Hall–Kier alpha value is -0.150. The van der Waals surface area contributed by atoms with Crippen LogP contribution < -0.4 is 5.73 Å². The Morgan fingerprint density at radius 3 is 2.69 bits per heavy atom. The molecule has 13 heavy (non-hydrogen) atoms. The number of hydrogen-bond donors (Lipinski definition) is 1. The lowest BCUT2D eigenvalue weighted by Crippen LogP contribution is -2.42. The summed E-state index contributed by atoms with van der Waals surface area (Å²) >= 11 is 5.06. The van der Waals surface area contributed by atoms with Gasteiger partial charge in [-0.2, -0.15) is 0 Å². The maximum Gasteiger partial charge on any atom is 0.0901 e. The molecule has 1 fully saturated rings. The molecule has 2 unspecified atom stereocenters. The second-order valence-electron chi connectivity index (χ2n) is 3.88. The Kier molecular flexibility index (Phi) is 4.13. The molecule has 0 aromatic carbocycles. The van der Waals surface area contributed by atoms with Gasteiger partial charge in [-0.1, -0.05) is 32.5 Å². The van der Waals surface area contributed by atoms with E-state index in [9.17, 15) is 0 Å². The first-order valence-electron chi connectivity index (χ1n) is 5.22. The molecule has 76 valence electrons. The van der Waals surface area contributed by atoms with Crippen LogP contribution in [0, 0.1) is 5.92 Å². The summed E-state index contributed by atoms with van der Waals surface area (Å²) in [5, 5.41) is 0. The number of nitrogens with zero attached hydrogens (tertiary/aromatic N) is 1. The Morgan fingerprint density at radius 2 is 2.31 bits per heavy atom. The van der Waals surface area contributed by atoms with E-state index < -0.39 is 0 Å². The van der Waals surface area contributed by atoms with Crippen molar-refractivity contribution in [3.8, 4) is 0 Å². The lowest BCUT2D eigenvalue weighted by atomic mass is 10.1. The summed E-state index contributed by atoms with van der Waals surface area (Å²) in [4.78, 5) is 3.11. The summed E-state index contributed by atoms with van der Waals surface area (Å²) in [5.41, 5.74) is 5.70. The lowest BCUT2D eigenvalue weighted by Gasteiger charge is -2.25. The van der Waals surface area contributed by atoms with Gasteiger partial charge in [-0.25, -0.2) is 0 Å². The van der Waals surface area contributed by atoms with Crippen LogP contribution in [-0.4, -0.2) is 29.0 Å². The van der Waals surface area contributed by atoms with Crippen LogP contribution in [0.4, 0.5) is 0 Å². The third-order valence-corrected chi connectivity index (χ3v) is 3.32. The molecule has 1 aliphatic heterocycles. The summed E-state index contributed by atoms with van der Waals surface area (Å²) in [7, 11) is 0. The third kappa shape index (κ3) is 2.64. The number of hydrogen-bond acceptors (Lipinski definition) is 2. The first-order valence-corrected chi connectivity index (χ1v) is 5.63. The van der Waals surface area contributed by atoms with Crippen molar-refractivity contribution < 1.29 is 0 Å². The highest BCUT2D eigenvalue weighted by atomic mass is 32.1. The Bertz CT molecular complexity index is 182. The molecule has 0 aliphatic carbocycles. The highest BCUT2D eigenvalue weighted by Crippen LogP contribution is 2.22. The third-order valence-electron chi connectivity index (χ3n) is 3.05. The van der Waals surface area contributed by atoms with E-state index in [0.29, 0.717) is 11.0 Å². The minimum atomic E-state index is 0.339. The minimum absolute atomic E-state index is 0.339. The van der Waals surface area contributed by atoms with Gasteiger partial charge in [0.15, 0.2) is 0 Å². The fraction of sp³-hybridized carbons (Fsp3) is 0.900. The highest BCUT2D eigenvalue weighted by Gasteiger charge is 2.27. The Balaban J connectivity index is 2.48. The number of thiocarbonyl (C=S) groups is 1. The standard InChI is InChI=1S/C10H20N2S/c1-3-8-5-6-12(7-8)9(4-2)10(11)13/h8-9H,3-7H2,1-2H3,(H2,11,13). The number of likely N-dealkylation sites (tertiary alicyclic amines) is 1. The van der Waals surface area contributed by atoms with Crippen molar-refractivity contribution in [3.63, 3.8) is 0 Å². The largest absolute Gasteiger partial charge is 0.392 e. The lowest BCUT2D eigenvalue weighted by molar-refractivity contribution is 0.281. The molecule has 0 amide bonds. The summed E-state index contributed by atoms with van der Waals surface area (Å²) in [5.74, 6) is 0.864. The van der Waals surface area contributed by atoms with Crippen molar-refractivity contribution in [2.24, 2.45) is 11.7 Å². The monoisotopic (exact) mass is 200 g/mol. The number of rotatable bonds is 4. The van der Waals surface area contributed by atoms with Gasteiger partial charge in [0.2, 0.25) is 0 Å². The van der Waals surface area contributed by atoms with Crippen molar-refractivity contribution in [1.82, 2.24) is 4.90 Å². The van der Waals surface area contributed by atoms with Gasteiger partial charge in [-0.3, -0.25) is 4.90 Å². The van der Waals surface area contributed by atoms with E-state index in [1.54, 1.807) is 0 Å². The molecule has 1 aliphatic rings. The second-order valence-corrected chi connectivity index (χ2v) is 4.36. The van der Waals surface area contributed by atoms with Crippen LogP contribution in [0.25, 0.3) is 0 Å². The van der Waals surface area contributed by atoms with E-state index in [1.165, 1.54) is 25.9 Å². The molecular formula is C10H20N2S. The maximum absolute atomic E-state index is 5.70. The molecule has 0 aromatic rings. The molecule has 3 heteroatoms. The fourth-order valence-corrected chi connectivity index (χ4v) is 2.43. The molecule has 0 radical (unpaired) electrons. The molecule has 0 saturated carbocycles. The molecule has 0 bridgehead atoms. The Labute approximate surface area is 86.5 Å². The smallest absolute Gasteiger partial charge is 0.0901 e. The van der Waals surface area contributed by atoms with Gasteiger partial charge in [0.25, 0.3) is 0 Å². The second kappa shape index (κ2) is 4.91. The van der Waals surface area contributed by atoms with Crippen molar-refractivity contribution in [3.05, 3.63) is 0 Å². The molecule has 1 saturated heterocycles. The average Bonchev–Trinajstić information content (AvgIpc) is 2.53. The van der Waals surface area contributed by atoms with Crippen molar-refractivity contribution >= 4 is 17.2 Å². The topological polar surface area (TPSA) is 29.3 Å². The van der Waals surface area contributed by atoms with Crippen LogP contribution in [-0.2, 0) is 0 Å². The van der Waals surface area contributed by atoms with E-state index in [-0.39, 0.29) is 0 Å². The Morgan fingerprint density at radius 1 is 1.62 bits per heavy atom. The van der Waals surface area contributed by atoms with E-state index in [0.717, 1.165) is 12.3 Å². The molecule has 2 atom stereocenters. The van der Waals surface area contributed by atoms with Crippen LogP contribution in [0.2, 0.25) is 0 Å². The summed E-state index contributed by atoms with van der Waals surface area (Å²) in [6.45, 7) is 6.78. The molecule has 1 heterocycles. The molecule has 2 N–H and O–H groups in total. The van der Waals surface area contributed by atoms with Gasteiger partial charge in [0.05, 0.1) is 11.0 Å². The summed E-state index contributed by atoms with van der Waals surface area (Å²) < 4.78 is 0. The molecule has 0 aromatic heterocycles. The van der Waals surface area contributed by atoms with Gasteiger partial charge in [-0.05, 0) is 25.3 Å². The van der Waals surface area contributed by atoms with Crippen LogP contribution in [0.15, 0.2) is 0 Å². The minimum Gasteiger partial charge on any atom is -0.392 e. The zero-order chi connectivity index (χ0) is 9.84. The SMILES string of the molecule is CCC1CCN(C(CC)C(N)=S)C1. The van der Waals surface area contributed by atoms with E-state index in [1.807, 2.05) is 0 Å². The zero-order valence-electron chi connectivity index (χ0n) is 8.62. The number of nitrogens with two attached hydrogens (primary N) is 1. The van der Waals surface area contributed by atoms with Crippen molar-refractivity contribution in [1.29, 1.82) is 0 Å². The molecule has 1 rings (SSSR count). The van der Waals surface area contributed by atoms with Gasteiger partial charge in [-0.15, -0.1) is 0 Å². The first-order chi connectivity index (χ1) is 6.19. The fourth-order valence-electron chi connectivity index (χ4n) is 2.12. The first kappa shape index (κ1) is 10.9. The predicted octanol–water partition coefficient (Wildman–Crippen LogP) is 1.78.